The molecule has 6 heteroatoms. The third kappa shape index (κ3) is 3.33. The average molecular weight is 399 g/mol. The van der Waals surface area contributed by atoms with Crippen molar-refractivity contribution >= 4 is 46.4 Å². The molecule has 0 saturated heterocycles. The summed E-state index contributed by atoms with van der Waals surface area (Å²) in [7, 11) is 0. The van der Waals surface area contributed by atoms with Crippen LogP contribution in [0.3, 0.4) is 0 Å². The predicted octanol–water partition coefficient (Wildman–Crippen LogP) is 6.63. The van der Waals surface area contributed by atoms with Crippen LogP contribution in [0, 0.1) is 6.92 Å². The summed E-state index contributed by atoms with van der Waals surface area (Å²) in [4.78, 5) is 15.3. The van der Waals surface area contributed by atoms with Crippen LogP contribution in [-0.4, -0.2) is 4.98 Å². The van der Waals surface area contributed by atoms with Crippen LogP contribution in [0.2, 0.25) is 20.1 Å². The monoisotopic (exact) mass is 397 g/mol. The number of rotatable bonds is 2. The van der Waals surface area contributed by atoms with Gasteiger partial charge in [0.05, 0.1) is 0 Å². The minimum absolute atomic E-state index is 0.251. The molecule has 0 saturated carbocycles. The van der Waals surface area contributed by atoms with Gasteiger partial charge >= 0.3 is 0 Å². The molecule has 0 aliphatic carbocycles. The highest BCUT2D eigenvalue weighted by molar-refractivity contribution is 6.36. The lowest BCUT2D eigenvalue weighted by Crippen LogP contribution is -2.11. The summed E-state index contributed by atoms with van der Waals surface area (Å²) in [6.07, 6.45) is 0. The van der Waals surface area contributed by atoms with Gasteiger partial charge in [0.1, 0.15) is 0 Å². The van der Waals surface area contributed by atoms with E-state index in [4.69, 9.17) is 46.4 Å². The zero-order valence-corrected chi connectivity index (χ0v) is 15.5. The molecule has 0 spiro atoms. The van der Waals surface area contributed by atoms with Crippen LogP contribution in [-0.2, 0) is 0 Å². The molecular formula is C18H11Cl4NO. The molecule has 0 bridgehead atoms. The Balaban J connectivity index is 2.29. The molecule has 24 heavy (non-hydrogen) atoms. The Hall–Kier alpha value is -1.45. The number of hydrogen-bond donors (Lipinski definition) is 1. The molecule has 0 amide bonds. The normalized spacial score (nSPS) is 10.9. The summed E-state index contributed by atoms with van der Waals surface area (Å²) in [6.45, 7) is 1.80. The molecule has 0 unspecified atom stereocenters. The number of aromatic nitrogens is 1. The van der Waals surface area contributed by atoms with Gasteiger partial charge < -0.3 is 4.98 Å². The number of pyridine rings is 1. The third-order valence-corrected chi connectivity index (χ3v) is 4.80. The van der Waals surface area contributed by atoms with Crippen molar-refractivity contribution in [3.8, 4) is 22.3 Å². The Labute approximate surface area is 159 Å². The summed E-state index contributed by atoms with van der Waals surface area (Å²) in [5.74, 6) is 0. The van der Waals surface area contributed by atoms with Crippen molar-refractivity contribution in [1.82, 2.24) is 4.98 Å². The molecule has 122 valence electrons. The van der Waals surface area contributed by atoms with Crippen molar-refractivity contribution < 1.29 is 0 Å². The van der Waals surface area contributed by atoms with Crippen molar-refractivity contribution in [3.05, 3.63) is 78.6 Å². The standard InChI is InChI=1S/C18H11Cl4NO/c1-9-12(13-6-10(19)2-4-16(13)21)8-15(18(24)23-9)14-7-11(20)3-5-17(14)22/h2-8H,1H3,(H,23,24). The maximum absolute atomic E-state index is 12.4. The highest BCUT2D eigenvalue weighted by atomic mass is 35.5. The van der Waals surface area contributed by atoms with Crippen LogP contribution < -0.4 is 5.56 Å². The maximum Gasteiger partial charge on any atom is 0.256 e. The smallest absolute Gasteiger partial charge is 0.256 e. The minimum Gasteiger partial charge on any atom is -0.325 e. The van der Waals surface area contributed by atoms with Gasteiger partial charge in [-0.2, -0.15) is 0 Å². The fourth-order valence-electron chi connectivity index (χ4n) is 2.51. The van der Waals surface area contributed by atoms with Crippen molar-refractivity contribution in [1.29, 1.82) is 0 Å². The largest absolute Gasteiger partial charge is 0.325 e. The molecule has 0 atom stereocenters. The lowest BCUT2D eigenvalue weighted by Gasteiger charge is -2.12. The van der Waals surface area contributed by atoms with Crippen LogP contribution in [0.25, 0.3) is 22.3 Å². The minimum atomic E-state index is -0.251. The van der Waals surface area contributed by atoms with Gasteiger partial charge in [0.2, 0.25) is 0 Å². The van der Waals surface area contributed by atoms with Gasteiger partial charge in [-0.15, -0.1) is 0 Å². The van der Waals surface area contributed by atoms with Crippen molar-refractivity contribution in [2.24, 2.45) is 0 Å². The maximum atomic E-state index is 12.4. The van der Waals surface area contributed by atoms with Crippen molar-refractivity contribution in [2.45, 2.75) is 6.92 Å². The fraction of sp³-hybridized carbons (Fsp3) is 0.0556. The summed E-state index contributed by atoms with van der Waals surface area (Å²) in [5.41, 5.74) is 2.92. The van der Waals surface area contributed by atoms with Gasteiger partial charge in [-0.25, -0.2) is 0 Å². The number of nitrogens with one attached hydrogen (secondary N) is 1. The molecule has 1 aromatic heterocycles. The van der Waals surface area contributed by atoms with Gasteiger partial charge in [0, 0.05) is 48.0 Å². The highest BCUT2D eigenvalue weighted by Gasteiger charge is 2.14. The molecular weight excluding hydrogens is 388 g/mol. The number of aryl methyl sites for hydroxylation is 1. The Morgan fingerprint density at radius 1 is 0.708 bits per heavy atom. The van der Waals surface area contributed by atoms with E-state index < -0.39 is 0 Å². The average Bonchev–Trinajstić information content (AvgIpc) is 2.53. The Morgan fingerprint density at radius 3 is 1.75 bits per heavy atom. The first-order chi connectivity index (χ1) is 11.4. The van der Waals surface area contributed by atoms with Crippen LogP contribution >= 0.6 is 46.4 Å². The quantitative estimate of drug-likeness (QED) is 0.516. The van der Waals surface area contributed by atoms with E-state index in [1.165, 1.54) is 0 Å². The number of hydrogen-bond acceptors (Lipinski definition) is 1. The lowest BCUT2D eigenvalue weighted by atomic mass is 9.99. The molecule has 1 heterocycles. The first kappa shape index (κ1) is 17.4. The second-order valence-corrected chi connectivity index (χ2v) is 6.99. The molecule has 2 aromatic carbocycles. The Bertz CT molecular complexity index is 995. The van der Waals surface area contributed by atoms with Crippen LogP contribution in [0.5, 0.6) is 0 Å². The van der Waals surface area contributed by atoms with E-state index in [0.29, 0.717) is 36.9 Å². The lowest BCUT2D eigenvalue weighted by molar-refractivity contribution is 1.15. The second-order valence-electron chi connectivity index (χ2n) is 5.30. The number of aromatic amines is 1. The summed E-state index contributed by atoms with van der Waals surface area (Å²) in [5, 5.41) is 2.04. The summed E-state index contributed by atoms with van der Waals surface area (Å²) < 4.78 is 0. The van der Waals surface area contributed by atoms with Crippen molar-refractivity contribution in [3.63, 3.8) is 0 Å². The molecule has 0 aliphatic heterocycles. The second kappa shape index (κ2) is 6.81. The fourth-order valence-corrected chi connectivity index (χ4v) is 3.29. The van der Waals surface area contributed by atoms with Gasteiger partial charge in [-0.1, -0.05) is 46.4 Å². The van der Waals surface area contributed by atoms with E-state index in [1.54, 1.807) is 49.4 Å². The van der Waals surface area contributed by atoms with Crippen LogP contribution in [0.4, 0.5) is 0 Å². The first-order valence-electron chi connectivity index (χ1n) is 7.01. The molecule has 0 aliphatic rings. The van der Waals surface area contributed by atoms with E-state index >= 15 is 0 Å². The van der Waals surface area contributed by atoms with E-state index in [0.717, 1.165) is 11.1 Å². The van der Waals surface area contributed by atoms with Crippen LogP contribution in [0.15, 0.2) is 47.3 Å². The highest BCUT2D eigenvalue weighted by Crippen LogP contribution is 2.35. The molecule has 0 radical (unpaired) electrons. The molecule has 3 rings (SSSR count). The number of halogens is 4. The first-order valence-corrected chi connectivity index (χ1v) is 8.53. The van der Waals surface area contributed by atoms with Gasteiger partial charge in [0.25, 0.3) is 5.56 Å². The zero-order valence-electron chi connectivity index (χ0n) is 12.5. The Kier molecular flexibility index (Phi) is 4.93. The summed E-state index contributed by atoms with van der Waals surface area (Å²) in [6, 6.07) is 11.9. The molecule has 3 aromatic rings. The summed E-state index contributed by atoms with van der Waals surface area (Å²) >= 11 is 24.7. The van der Waals surface area contributed by atoms with Gasteiger partial charge in [-0.05, 0) is 49.4 Å². The molecule has 1 N–H and O–H groups in total. The Morgan fingerprint density at radius 2 is 1.21 bits per heavy atom. The topological polar surface area (TPSA) is 32.9 Å². The molecule has 2 nitrogen and oxygen atoms in total. The molecule has 0 fully saturated rings. The van der Waals surface area contributed by atoms with Gasteiger partial charge in [0.15, 0.2) is 0 Å². The predicted molar refractivity (Wildman–Crippen MR) is 103 cm³/mol. The van der Waals surface area contributed by atoms with E-state index in [9.17, 15) is 4.79 Å². The SMILES string of the molecule is Cc1[nH]c(=O)c(-c2cc(Cl)ccc2Cl)cc1-c1cc(Cl)ccc1Cl. The van der Waals surface area contributed by atoms with E-state index in [2.05, 4.69) is 4.98 Å². The zero-order chi connectivity index (χ0) is 17.4. The number of H-pyrrole nitrogens is 1. The van der Waals surface area contributed by atoms with Crippen LogP contribution in [0.1, 0.15) is 5.69 Å². The third-order valence-electron chi connectivity index (χ3n) is 3.68. The van der Waals surface area contributed by atoms with E-state index in [1.807, 2.05) is 0 Å². The van der Waals surface area contributed by atoms with E-state index in [-0.39, 0.29) is 5.56 Å². The van der Waals surface area contributed by atoms with Gasteiger partial charge in [-0.3, -0.25) is 4.79 Å². The number of benzene rings is 2. The van der Waals surface area contributed by atoms with Crippen molar-refractivity contribution in [2.75, 3.05) is 0 Å².